The van der Waals surface area contributed by atoms with Crippen LogP contribution in [-0.2, 0) is 0 Å². The van der Waals surface area contributed by atoms with Crippen molar-refractivity contribution in [1.29, 1.82) is 0 Å². The van der Waals surface area contributed by atoms with Crippen molar-refractivity contribution in [2.45, 2.75) is 19.8 Å². The highest BCUT2D eigenvalue weighted by molar-refractivity contribution is 5.88. The van der Waals surface area contributed by atoms with Gasteiger partial charge in [-0.25, -0.2) is 9.78 Å². The SMILES string of the molecule is CC(C)c1cccc(Nc2cc(C(=O)O)ccn2)c1. The van der Waals surface area contributed by atoms with Crippen molar-refractivity contribution in [2.75, 3.05) is 5.32 Å². The molecule has 0 aliphatic rings. The van der Waals surface area contributed by atoms with E-state index in [1.165, 1.54) is 23.9 Å². The van der Waals surface area contributed by atoms with E-state index in [1.54, 1.807) is 0 Å². The Balaban J connectivity index is 2.23. The molecule has 1 aromatic carbocycles. The Kier molecular flexibility index (Phi) is 3.80. The molecule has 2 aromatic rings. The highest BCUT2D eigenvalue weighted by Crippen LogP contribution is 2.21. The van der Waals surface area contributed by atoms with Crippen molar-refractivity contribution in [1.82, 2.24) is 4.98 Å². The van der Waals surface area contributed by atoms with Gasteiger partial charge in [0.05, 0.1) is 5.56 Å². The minimum Gasteiger partial charge on any atom is -0.478 e. The predicted octanol–water partition coefficient (Wildman–Crippen LogP) is 3.65. The van der Waals surface area contributed by atoms with Gasteiger partial charge in [-0.2, -0.15) is 0 Å². The number of nitrogens with zero attached hydrogens (tertiary/aromatic N) is 1. The Labute approximate surface area is 112 Å². The van der Waals surface area contributed by atoms with Crippen molar-refractivity contribution in [2.24, 2.45) is 0 Å². The van der Waals surface area contributed by atoms with Crippen molar-refractivity contribution in [3.8, 4) is 0 Å². The van der Waals surface area contributed by atoms with Crippen molar-refractivity contribution < 1.29 is 9.90 Å². The molecule has 2 rings (SSSR count). The summed E-state index contributed by atoms with van der Waals surface area (Å²) in [6.45, 7) is 4.25. The molecular weight excluding hydrogens is 240 g/mol. The zero-order valence-corrected chi connectivity index (χ0v) is 10.9. The van der Waals surface area contributed by atoms with Crippen LogP contribution in [-0.4, -0.2) is 16.1 Å². The van der Waals surface area contributed by atoms with Gasteiger partial charge in [0.1, 0.15) is 5.82 Å². The molecule has 19 heavy (non-hydrogen) atoms. The van der Waals surface area contributed by atoms with Crippen LogP contribution in [0.15, 0.2) is 42.6 Å². The highest BCUT2D eigenvalue weighted by atomic mass is 16.4. The van der Waals surface area contributed by atoms with Crippen LogP contribution in [0, 0.1) is 0 Å². The molecule has 0 saturated carbocycles. The average molecular weight is 256 g/mol. The van der Waals surface area contributed by atoms with Crippen LogP contribution < -0.4 is 5.32 Å². The van der Waals surface area contributed by atoms with E-state index in [2.05, 4.69) is 30.2 Å². The number of aromatic carboxylic acids is 1. The van der Waals surface area contributed by atoms with Crippen LogP contribution in [0.2, 0.25) is 0 Å². The minimum absolute atomic E-state index is 0.220. The lowest BCUT2D eigenvalue weighted by atomic mass is 10.0. The number of aromatic nitrogens is 1. The number of carbonyl (C=O) groups is 1. The Morgan fingerprint density at radius 2 is 2.05 bits per heavy atom. The molecule has 2 N–H and O–H groups in total. The van der Waals surface area contributed by atoms with Crippen LogP contribution in [0.25, 0.3) is 0 Å². The van der Waals surface area contributed by atoms with E-state index in [9.17, 15) is 4.79 Å². The Morgan fingerprint density at radius 1 is 1.26 bits per heavy atom. The van der Waals surface area contributed by atoms with Gasteiger partial charge in [0.2, 0.25) is 0 Å². The maximum atomic E-state index is 10.9. The van der Waals surface area contributed by atoms with Gasteiger partial charge in [-0.1, -0.05) is 26.0 Å². The summed E-state index contributed by atoms with van der Waals surface area (Å²) in [5.41, 5.74) is 2.35. The number of rotatable bonds is 4. The van der Waals surface area contributed by atoms with E-state index in [1.807, 2.05) is 18.2 Å². The lowest BCUT2D eigenvalue weighted by Gasteiger charge is -2.10. The van der Waals surface area contributed by atoms with Crippen LogP contribution in [0.1, 0.15) is 35.7 Å². The van der Waals surface area contributed by atoms with Crippen LogP contribution in [0.5, 0.6) is 0 Å². The second kappa shape index (κ2) is 5.52. The topological polar surface area (TPSA) is 62.2 Å². The molecule has 0 atom stereocenters. The third-order valence-electron chi connectivity index (χ3n) is 2.83. The summed E-state index contributed by atoms with van der Waals surface area (Å²) in [4.78, 5) is 15.0. The van der Waals surface area contributed by atoms with Gasteiger partial charge in [-0.3, -0.25) is 0 Å². The molecule has 0 fully saturated rings. The summed E-state index contributed by atoms with van der Waals surface area (Å²) in [6.07, 6.45) is 1.48. The third-order valence-corrected chi connectivity index (χ3v) is 2.83. The smallest absolute Gasteiger partial charge is 0.335 e. The van der Waals surface area contributed by atoms with E-state index < -0.39 is 5.97 Å². The van der Waals surface area contributed by atoms with Gasteiger partial charge in [0, 0.05) is 11.9 Å². The second-order valence-corrected chi connectivity index (χ2v) is 4.64. The molecule has 0 bridgehead atoms. The summed E-state index contributed by atoms with van der Waals surface area (Å²) in [7, 11) is 0. The molecule has 0 unspecified atom stereocenters. The maximum absolute atomic E-state index is 10.9. The molecule has 0 radical (unpaired) electrons. The molecule has 1 aromatic heterocycles. The van der Waals surface area contributed by atoms with Gasteiger partial charge >= 0.3 is 5.97 Å². The number of anilines is 2. The van der Waals surface area contributed by atoms with Crippen molar-refractivity contribution in [3.05, 3.63) is 53.7 Å². The van der Waals surface area contributed by atoms with E-state index in [-0.39, 0.29) is 5.56 Å². The Bertz CT molecular complexity index is 594. The summed E-state index contributed by atoms with van der Waals surface area (Å²) in [5.74, 6) is 0.0160. The van der Waals surface area contributed by atoms with E-state index in [4.69, 9.17) is 5.11 Å². The molecule has 4 heteroatoms. The third kappa shape index (κ3) is 3.31. The zero-order chi connectivity index (χ0) is 13.8. The number of benzene rings is 1. The van der Waals surface area contributed by atoms with E-state index in [0.717, 1.165) is 5.69 Å². The van der Waals surface area contributed by atoms with E-state index >= 15 is 0 Å². The molecule has 0 spiro atoms. The summed E-state index contributed by atoms with van der Waals surface area (Å²) in [5, 5.41) is 12.1. The number of pyridine rings is 1. The second-order valence-electron chi connectivity index (χ2n) is 4.64. The van der Waals surface area contributed by atoms with Gasteiger partial charge in [0.25, 0.3) is 0 Å². The first-order valence-electron chi connectivity index (χ1n) is 6.12. The largest absolute Gasteiger partial charge is 0.478 e. The fourth-order valence-electron chi connectivity index (χ4n) is 1.76. The van der Waals surface area contributed by atoms with Crippen LogP contribution in [0.3, 0.4) is 0 Å². The zero-order valence-electron chi connectivity index (χ0n) is 10.9. The maximum Gasteiger partial charge on any atom is 0.335 e. The fourth-order valence-corrected chi connectivity index (χ4v) is 1.76. The molecule has 0 aliphatic carbocycles. The summed E-state index contributed by atoms with van der Waals surface area (Å²) in [6, 6.07) is 11.0. The number of carboxylic acid groups (broad SMARTS) is 1. The first-order chi connectivity index (χ1) is 9.06. The number of hydrogen-bond acceptors (Lipinski definition) is 3. The first kappa shape index (κ1) is 13.1. The lowest BCUT2D eigenvalue weighted by molar-refractivity contribution is 0.0697. The standard InChI is InChI=1S/C15H16N2O2/c1-10(2)11-4-3-5-13(8-11)17-14-9-12(15(18)19)6-7-16-14/h3-10H,1-2H3,(H,16,17)(H,18,19). The number of hydrogen-bond donors (Lipinski definition) is 2. The molecule has 0 saturated heterocycles. The highest BCUT2D eigenvalue weighted by Gasteiger charge is 2.05. The normalized spacial score (nSPS) is 10.5. The molecule has 4 nitrogen and oxygen atoms in total. The quantitative estimate of drug-likeness (QED) is 0.876. The Hall–Kier alpha value is -2.36. The molecular formula is C15H16N2O2. The molecule has 1 heterocycles. The number of nitrogens with one attached hydrogen (secondary N) is 1. The van der Waals surface area contributed by atoms with Gasteiger partial charge in [-0.05, 0) is 35.7 Å². The molecule has 0 amide bonds. The average Bonchev–Trinajstić information content (AvgIpc) is 2.39. The first-order valence-corrected chi connectivity index (χ1v) is 6.12. The van der Waals surface area contributed by atoms with Gasteiger partial charge in [-0.15, -0.1) is 0 Å². The van der Waals surface area contributed by atoms with Crippen LogP contribution in [0.4, 0.5) is 11.5 Å². The number of carboxylic acids is 1. The predicted molar refractivity (Wildman–Crippen MR) is 75.0 cm³/mol. The van der Waals surface area contributed by atoms with Crippen molar-refractivity contribution >= 4 is 17.5 Å². The Morgan fingerprint density at radius 3 is 2.74 bits per heavy atom. The lowest BCUT2D eigenvalue weighted by Crippen LogP contribution is -2.00. The summed E-state index contributed by atoms with van der Waals surface area (Å²) >= 11 is 0. The van der Waals surface area contributed by atoms with Gasteiger partial charge in [0.15, 0.2) is 0 Å². The summed E-state index contributed by atoms with van der Waals surface area (Å²) < 4.78 is 0. The molecule has 0 aliphatic heterocycles. The van der Waals surface area contributed by atoms with Gasteiger partial charge < -0.3 is 10.4 Å². The molecule has 98 valence electrons. The minimum atomic E-state index is -0.957. The fraction of sp³-hybridized carbons (Fsp3) is 0.200. The van der Waals surface area contributed by atoms with Crippen molar-refractivity contribution in [3.63, 3.8) is 0 Å². The monoisotopic (exact) mass is 256 g/mol. The van der Waals surface area contributed by atoms with Crippen LogP contribution >= 0.6 is 0 Å². The van der Waals surface area contributed by atoms with E-state index in [0.29, 0.717) is 11.7 Å².